The summed E-state index contributed by atoms with van der Waals surface area (Å²) in [6.07, 6.45) is 0.933. The lowest BCUT2D eigenvalue weighted by Crippen LogP contribution is -2.47. The number of hydrogen-bond donors (Lipinski definition) is 2. The lowest BCUT2D eigenvalue weighted by molar-refractivity contribution is -0.135. The van der Waals surface area contributed by atoms with Gasteiger partial charge in [-0.05, 0) is 44.6 Å². The minimum Gasteiger partial charge on any atom is -0.353 e. The number of carbonyl (C=O) groups excluding carboxylic acids is 3. The zero-order chi connectivity index (χ0) is 20.2. The minimum atomic E-state index is -0.925. The molecule has 2 rings (SSSR count). The summed E-state index contributed by atoms with van der Waals surface area (Å²) >= 11 is 0. The van der Waals surface area contributed by atoms with E-state index in [1.54, 1.807) is 12.1 Å². The van der Waals surface area contributed by atoms with Gasteiger partial charge >= 0.3 is 6.03 Å². The van der Waals surface area contributed by atoms with Gasteiger partial charge in [0.2, 0.25) is 5.91 Å². The van der Waals surface area contributed by atoms with Gasteiger partial charge < -0.3 is 15.5 Å². The highest BCUT2D eigenvalue weighted by atomic mass is 19.1. The number of hydrogen-bond acceptors (Lipinski definition) is 4. The van der Waals surface area contributed by atoms with E-state index in [9.17, 15) is 18.8 Å². The van der Waals surface area contributed by atoms with Gasteiger partial charge in [0.05, 0.1) is 6.04 Å². The van der Waals surface area contributed by atoms with Crippen LogP contribution in [0.2, 0.25) is 0 Å². The van der Waals surface area contributed by atoms with Crippen LogP contribution in [0.3, 0.4) is 0 Å². The van der Waals surface area contributed by atoms with Crippen LogP contribution >= 0.6 is 0 Å². The third kappa shape index (κ3) is 4.44. The lowest BCUT2D eigenvalue weighted by Gasteiger charge is -2.26. The topological polar surface area (TPSA) is 81.8 Å². The van der Waals surface area contributed by atoms with E-state index in [-0.39, 0.29) is 30.9 Å². The summed E-state index contributed by atoms with van der Waals surface area (Å²) in [6, 6.07) is 5.40. The molecule has 7 nitrogen and oxygen atoms in total. The number of benzene rings is 1. The first-order chi connectivity index (χ1) is 12.7. The summed E-state index contributed by atoms with van der Waals surface area (Å²) in [5.74, 6) is -1.16. The smallest absolute Gasteiger partial charge is 0.325 e. The molecule has 0 radical (unpaired) electrons. The van der Waals surface area contributed by atoms with Crippen LogP contribution in [0.1, 0.15) is 38.3 Å². The number of halogens is 1. The zero-order valence-corrected chi connectivity index (χ0v) is 16.2. The van der Waals surface area contributed by atoms with Crippen molar-refractivity contribution in [1.82, 2.24) is 20.4 Å². The monoisotopic (exact) mass is 378 g/mol. The molecule has 4 amide bonds. The normalized spacial score (nSPS) is 17.2. The fourth-order valence-electron chi connectivity index (χ4n) is 3.27. The Labute approximate surface area is 158 Å². The summed E-state index contributed by atoms with van der Waals surface area (Å²) in [6.45, 7) is 3.54. The zero-order valence-electron chi connectivity index (χ0n) is 16.2. The van der Waals surface area contributed by atoms with Crippen molar-refractivity contribution < 1.29 is 18.8 Å². The van der Waals surface area contributed by atoms with Crippen molar-refractivity contribution in [2.45, 2.75) is 38.3 Å². The maximum atomic E-state index is 13.5. The number of carbonyl (C=O) groups is 3. The Balaban J connectivity index is 2.01. The van der Waals surface area contributed by atoms with Crippen molar-refractivity contribution in [2.75, 3.05) is 27.2 Å². The third-order valence-electron chi connectivity index (χ3n) is 5.10. The van der Waals surface area contributed by atoms with E-state index in [1.165, 1.54) is 12.1 Å². The minimum absolute atomic E-state index is 0.228. The van der Waals surface area contributed by atoms with Gasteiger partial charge in [0, 0.05) is 6.54 Å². The first-order valence-electron chi connectivity index (χ1n) is 9.06. The number of urea groups is 1. The molecule has 0 aromatic heterocycles. The van der Waals surface area contributed by atoms with E-state index >= 15 is 0 Å². The molecule has 0 saturated carbocycles. The number of nitrogens with one attached hydrogen (secondary N) is 2. The van der Waals surface area contributed by atoms with Gasteiger partial charge in [0.25, 0.3) is 5.91 Å². The molecular weight excluding hydrogens is 351 g/mol. The number of likely N-dealkylation sites (N-methyl/N-ethyl adjacent to an activating group) is 1. The molecule has 0 spiro atoms. The van der Waals surface area contributed by atoms with Crippen LogP contribution in [0.25, 0.3) is 0 Å². The average Bonchev–Trinajstić information content (AvgIpc) is 2.86. The molecule has 1 heterocycles. The molecule has 1 fully saturated rings. The van der Waals surface area contributed by atoms with Crippen LogP contribution in [0, 0.1) is 5.82 Å². The molecule has 1 aliphatic heterocycles. The van der Waals surface area contributed by atoms with Crippen LogP contribution < -0.4 is 10.6 Å². The average molecular weight is 378 g/mol. The van der Waals surface area contributed by atoms with E-state index in [0.29, 0.717) is 12.8 Å². The largest absolute Gasteiger partial charge is 0.353 e. The van der Waals surface area contributed by atoms with Gasteiger partial charge in [-0.1, -0.05) is 26.0 Å². The van der Waals surface area contributed by atoms with E-state index in [4.69, 9.17) is 0 Å². The maximum absolute atomic E-state index is 13.5. The predicted molar refractivity (Wildman–Crippen MR) is 99.4 cm³/mol. The van der Waals surface area contributed by atoms with E-state index < -0.39 is 17.5 Å². The molecule has 1 unspecified atom stereocenters. The third-order valence-corrected chi connectivity index (χ3v) is 5.10. The van der Waals surface area contributed by atoms with Crippen molar-refractivity contribution in [2.24, 2.45) is 0 Å². The highest BCUT2D eigenvalue weighted by Gasteiger charge is 2.49. The van der Waals surface area contributed by atoms with E-state index in [2.05, 4.69) is 10.6 Å². The molecule has 1 atom stereocenters. The molecule has 8 heteroatoms. The second-order valence-corrected chi connectivity index (χ2v) is 6.95. The van der Waals surface area contributed by atoms with Gasteiger partial charge in [0.1, 0.15) is 17.9 Å². The summed E-state index contributed by atoms with van der Waals surface area (Å²) in [7, 11) is 3.66. The summed E-state index contributed by atoms with van der Waals surface area (Å²) in [5.41, 5.74) is -0.197. The molecule has 2 N–H and O–H groups in total. The first kappa shape index (κ1) is 20.8. The summed E-state index contributed by atoms with van der Waals surface area (Å²) in [5, 5.41) is 5.43. The van der Waals surface area contributed by atoms with E-state index in [1.807, 2.05) is 32.8 Å². The maximum Gasteiger partial charge on any atom is 0.325 e. The Morgan fingerprint density at radius 2 is 1.96 bits per heavy atom. The van der Waals surface area contributed by atoms with Crippen LogP contribution in [-0.2, 0) is 9.59 Å². The Hall–Kier alpha value is -2.48. The SMILES string of the molecule is CCC1(CC)NC(=O)N(CC(=O)NCC(c2cccc(F)c2)N(C)C)C1=O. The van der Waals surface area contributed by atoms with Gasteiger partial charge in [-0.25, -0.2) is 9.18 Å². The molecule has 1 aromatic rings. The Morgan fingerprint density at radius 3 is 2.48 bits per heavy atom. The van der Waals surface area contributed by atoms with Crippen LogP contribution in [0.4, 0.5) is 9.18 Å². The van der Waals surface area contributed by atoms with Crippen molar-refractivity contribution in [1.29, 1.82) is 0 Å². The van der Waals surface area contributed by atoms with Crippen LogP contribution in [0.15, 0.2) is 24.3 Å². The van der Waals surface area contributed by atoms with Crippen molar-refractivity contribution >= 4 is 17.8 Å². The van der Waals surface area contributed by atoms with Crippen LogP contribution in [-0.4, -0.2) is 60.4 Å². The fraction of sp³-hybridized carbons (Fsp3) is 0.526. The molecule has 0 bridgehead atoms. The first-order valence-corrected chi connectivity index (χ1v) is 9.06. The summed E-state index contributed by atoms with van der Waals surface area (Å²) < 4.78 is 13.5. The van der Waals surface area contributed by atoms with Crippen molar-refractivity contribution in [3.8, 4) is 0 Å². The molecule has 1 aromatic carbocycles. The quantitative estimate of drug-likeness (QED) is 0.674. The van der Waals surface area contributed by atoms with E-state index in [0.717, 1.165) is 10.5 Å². The molecular formula is C19H27FN4O3. The summed E-state index contributed by atoms with van der Waals surface area (Å²) in [4.78, 5) is 39.8. The molecule has 0 aliphatic carbocycles. The highest BCUT2D eigenvalue weighted by Crippen LogP contribution is 2.24. The Bertz CT molecular complexity index is 719. The number of imide groups is 1. The van der Waals surface area contributed by atoms with Gasteiger partial charge in [0.15, 0.2) is 0 Å². The van der Waals surface area contributed by atoms with Crippen molar-refractivity contribution in [3.05, 3.63) is 35.6 Å². The molecule has 27 heavy (non-hydrogen) atoms. The van der Waals surface area contributed by atoms with Crippen LogP contribution in [0.5, 0.6) is 0 Å². The van der Waals surface area contributed by atoms with Gasteiger partial charge in [-0.15, -0.1) is 0 Å². The van der Waals surface area contributed by atoms with Gasteiger partial charge in [-0.3, -0.25) is 14.5 Å². The second-order valence-electron chi connectivity index (χ2n) is 6.95. The standard InChI is InChI=1S/C19H27FN4O3/c1-5-19(6-2)17(26)24(18(27)22-19)12-16(25)21-11-15(23(3)4)13-8-7-9-14(20)10-13/h7-10,15H,5-6,11-12H2,1-4H3,(H,21,25)(H,22,27). The van der Waals surface area contributed by atoms with Gasteiger partial charge in [-0.2, -0.15) is 0 Å². The number of rotatable bonds is 8. The molecule has 148 valence electrons. The lowest BCUT2D eigenvalue weighted by atomic mass is 9.93. The number of nitrogens with zero attached hydrogens (tertiary/aromatic N) is 2. The Morgan fingerprint density at radius 1 is 1.30 bits per heavy atom. The predicted octanol–water partition coefficient (Wildman–Crippen LogP) is 1.66. The fourth-order valence-corrected chi connectivity index (χ4v) is 3.27. The molecule has 1 saturated heterocycles. The van der Waals surface area contributed by atoms with Crippen molar-refractivity contribution in [3.63, 3.8) is 0 Å². The highest BCUT2D eigenvalue weighted by molar-refractivity contribution is 6.08. The molecule has 1 aliphatic rings. The second kappa shape index (κ2) is 8.47. The number of amides is 4. The Kier molecular flexibility index (Phi) is 6.54.